The van der Waals surface area contributed by atoms with E-state index in [1.54, 1.807) is 18.2 Å². The predicted molar refractivity (Wildman–Crippen MR) is 106 cm³/mol. The van der Waals surface area contributed by atoms with Crippen molar-refractivity contribution in [3.05, 3.63) is 28.2 Å². The maximum Gasteiger partial charge on any atom is 0.244 e. The van der Waals surface area contributed by atoms with E-state index in [9.17, 15) is 14.4 Å². The number of rotatable bonds is 7. The van der Waals surface area contributed by atoms with Crippen LogP contribution < -0.4 is 16.4 Å². The second-order valence-electron chi connectivity index (χ2n) is 5.88. The van der Waals surface area contributed by atoms with Gasteiger partial charge in [-0.3, -0.25) is 14.4 Å². The van der Waals surface area contributed by atoms with Crippen molar-refractivity contribution in [2.24, 2.45) is 11.7 Å². The molecule has 146 valence electrons. The van der Waals surface area contributed by atoms with E-state index in [0.29, 0.717) is 10.0 Å². The van der Waals surface area contributed by atoms with Crippen molar-refractivity contribution in [2.45, 2.75) is 19.9 Å². The highest BCUT2D eigenvalue weighted by Gasteiger charge is 2.20. The van der Waals surface area contributed by atoms with Crippen molar-refractivity contribution < 1.29 is 14.4 Å². The van der Waals surface area contributed by atoms with E-state index in [1.165, 1.54) is 11.9 Å². The Morgan fingerprint density at radius 3 is 2.23 bits per heavy atom. The highest BCUT2D eigenvalue weighted by Crippen LogP contribution is 2.29. The second kappa shape index (κ2) is 11.2. The van der Waals surface area contributed by atoms with E-state index in [1.807, 2.05) is 13.8 Å². The number of para-hydroxylation sites is 1. The topological polar surface area (TPSA) is 105 Å². The molecule has 1 aromatic rings. The number of anilines is 1. The summed E-state index contributed by atoms with van der Waals surface area (Å²) in [5.74, 6) is -1.34. The zero-order valence-corrected chi connectivity index (χ0v) is 17.0. The van der Waals surface area contributed by atoms with Crippen LogP contribution in [0.2, 0.25) is 10.0 Å². The van der Waals surface area contributed by atoms with E-state index < -0.39 is 23.8 Å². The van der Waals surface area contributed by atoms with Crippen LogP contribution in [0.25, 0.3) is 0 Å². The first-order valence-electron chi connectivity index (χ1n) is 7.64. The van der Waals surface area contributed by atoms with Gasteiger partial charge < -0.3 is 21.3 Å². The van der Waals surface area contributed by atoms with Gasteiger partial charge >= 0.3 is 0 Å². The zero-order chi connectivity index (χ0) is 19.1. The lowest BCUT2D eigenvalue weighted by Crippen LogP contribution is -2.48. The molecule has 0 fully saturated rings. The monoisotopic (exact) mass is 424 g/mol. The fourth-order valence-electron chi connectivity index (χ4n) is 1.82. The third kappa shape index (κ3) is 7.37. The molecule has 3 amide bonds. The number of nitrogens with two attached hydrogens (primary N) is 1. The third-order valence-electron chi connectivity index (χ3n) is 3.47. The Kier molecular flexibility index (Phi) is 10.6. The van der Waals surface area contributed by atoms with Gasteiger partial charge in [0.15, 0.2) is 0 Å². The summed E-state index contributed by atoms with van der Waals surface area (Å²) >= 11 is 11.9. The molecule has 0 bridgehead atoms. The molecule has 0 radical (unpaired) electrons. The maximum absolute atomic E-state index is 12.0. The Bertz CT molecular complexity index is 635. The molecule has 0 spiro atoms. The first kappa shape index (κ1) is 24.5. The lowest BCUT2D eigenvalue weighted by Gasteiger charge is -2.19. The summed E-state index contributed by atoms with van der Waals surface area (Å²) in [5, 5.41) is 5.61. The van der Waals surface area contributed by atoms with E-state index in [2.05, 4.69) is 10.6 Å². The van der Waals surface area contributed by atoms with Gasteiger partial charge in [-0.05, 0) is 18.1 Å². The van der Waals surface area contributed by atoms with E-state index in [0.717, 1.165) is 0 Å². The smallest absolute Gasteiger partial charge is 0.244 e. The number of halogens is 3. The van der Waals surface area contributed by atoms with Gasteiger partial charge in [0, 0.05) is 7.05 Å². The van der Waals surface area contributed by atoms with Crippen LogP contribution in [0, 0.1) is 5.92 Å². The number of amides is 3. The number of nitrogens with zero attached hydrogens (tertiary/aromatic N) is 1. The minimum Gasteiger partial charge on any atom is -0.346 e. The van der Waals surface area contributed by atoms with E-state index >= 15 is 0 Å². The standard InChI is InChI=1S/C16H22Cl2N4O3.ClH/c1-9(2)14(19)16(25)20-7-13(24)22(3)8-12(23)21-15-10(17)5-4-6-11(15)18;/h4-6,9,14H,7-8,19H2,1-3H3,(H,20,25)(H,21,23);1H/t14-;/m0./s1. The summed E-state index contributed by atoms with van der Waals surface area (Å²) in [5.41, 5.74) is 5.98. The Hall–Kier alpha value is -1.54. The Morgan fingerprint density at radius 2 is 1.73 bits per heavy atom. The summed E-state index contributed by atoms with van der Waals surface area (Å²) in [6, 6.07) is 4.14. The summed E-state index contributed by atoms with van der Waals surface area (Å²) < 4.78 is 0. The van der Waals surface area contributed by atoms with Gasteiger partial charge in [0.1, 0.15) is 0 Å². The summed E-state index contributed by atoms with van der Waals surface area (Å²) in [4.78, 5) is 37.0. The predicted octanol–water partition coefficient (Wildman–Crippen LogP) is 1.91. The van der Waals surface area contributed by atoms with Crippen LogP contribution in [0.15, 0.2) is 18.2 Å². The van der Waals surface area contributed by atoms with Crippen LogP contribution in [0.5, 0.6) is 0 Å². The molecule has 0 saturated heterocycles. The molecular weight excluding hydrogens is 403 g/mol. The van der Waals surface area contributed by atoms with Crippen molar-refractivity contribution in [3.8, 4) is 0 Å². The molecule has 1 atom stereocenters. The van der Waals surface area contributed by atoms with Crippen LogP contribution in [-0.2, 0) is 14.4 Å². The van der Waals surface area contributed by atoms with Gasteiger partial charge in [0.2, 0.25) is 17.7 Å². The molecule has 0 aliphatic rings. The van der Waals surface area contributed by atoms with Gasteiger partial charge in [-0.25, -0.2) is 0 Å². The SMILES string of the molecule is CC(C)[C@H](N)C(=O)NCC(=O)N(C)CC(=O)Nc1c(Cl)cccc1Cl.Cl. The Morgan fingerprint density at radius 1 is 1.19 bits per heavy atom. The molecule has 10 heteroatoms. The van der Waals surface area contributed by atoms with Crippen LogP contribution in [0.4, 0.5) is 5.69 Å². The number of carbonyl (C=O) groups is 3. The zero-order valence-electron chi connectivity index (χ0n) is 14.7. The largest absolute Gasteiger partial charge is 0.346 e. The summed E-state index contributed by atoms with van der Waals surface area (Å²) in [6.07, 6.45) is 0. The molecular formula is C16H23Cl3N4O3. The number of likely N-dealkylation sites (N-methyl/N-ethyl adjacent to an activating group) is 1. The molecule has 0 unspecified atom stereocenters. The van der Waals surface area contributed by atoms with Gasteiger partial charge in [-0.15, -0.1) is 12.4 Å². The molecule has 1 aromatic carbocycles. The normalized spacial score (nSPS) is 11.3. The van der Waals surface area contributed by atoms with Crippen molar-refractivity contribution in [3.63, 3.8) is 0 Å². The van der Waals surface area contributed by atoms with Gasteiger partial charge in [-0.1, -0.05) is 43.1 Å². The molecule has 0 saturated carbocycles. The van der Waals surface area contributed by atoms with Crippen molar-refractivity contribution in [2.75, 3.05) is 25.5 Å². The van der Waals surface area contributed by atoms with Gasteiger partial charge in [0.05, 0.1) is 34.9 Å². The lowest BCUT2D eigenvalue weighted by atomic mass is 10.1. The minimum absolute atomic E-state index is 0. The first-order chi connectivity index (χ1) is 11.6. The lowest BCUT2D eigenvalue weighted by molar-refractivity contribution is -0.134. The number of hydrogen-bond donors (Lipinski definition) is 3. The molecule has 26 heavy (non-hydrogen) atoms. The van der Waals surface area contributed by atoms with Crippen molar-refractivity contribution in [1.29, 1.82) is 0 Å². The third-order valence-corrected chi connectivity index (χ3v) is 4.10. The van der Waals surface area contributed by atoms with Crippen LogP contribution in [-0.4, -0.2) is 48.8 Å². The molecule has 0 aromatic heterocycles. The van der Waals surface area contributed by atoms with Crippen LogP contribution in [0.3, 0.4) is 0 Å². The van der Waals surface area contributed by atoms with E-state index in [4.69, 9.17) is 28.9 Å². The summed E-state index contributed by atoms with van der Waals surface area (Å²) in [7, 11) is 1.45. The first-order valence-corrected chi connectivity index (χ1v) is 8.40. The molecule has 0 aliphatic heterocycles. The Labute approximate surface area is 169 Å². The van der Waals surface area contributed by atoms with Crippen molar-refractivity contribution >= 4 is 59.0 Å². The minimum atomic E-state index is -0.691. The van der Waals surface area contributed by atoms with E-state index in [-0.39, 0.29) is 37.1 Å². The average Bonchev–Trinajstić information content (AvgIpc) is 2.54. The molecule has 0 heterocycles. The fourth-order valence-corrected chi connectivity index (χ4v) is 2.31. The molecule has 1 rings (SSSR count). The molecule has 0 aliphatic carbocycles. The highest BCUT2D eigenvalue weighted by atomic mass is 35.5. The van der Waals surface area contributed by atoms with Gasteiger partial charge in [-0.2, -0.15) is 0 Å². The Balaban J connectivity index is 0.00000625. The van der Waals surface area contributed by atoms with Crippen LogP contribution in [0.1, 0.15) is 13.8 Å². The quantitative estimate of drug-likeness (QED) is 0.620. The number of hydrogen-bond acceptors (Lipinski definition) is 4. The maximum atomic E-state index is 12.0. The molecule has 4 N–H and O–H groups in total. The summed E-state index contributed by atoms with van der Waals surface area (Å²) in [6.45, 7) is 3.16. The fraction of sp³-hybridized carbons (Fsp3) is 0.438. The van der Waals surface area contributed by atoms with Crippen LogP contribution >= 0.6 is 35.6 Å². The number of benzene rings is 1. The second-order valence-corrected chi connectivity index (χ2v) is 6.70. The van der Waals surface area contributed by atoms with Crippen molar-refractivity contribution in [1.82, 2.24) is 10.2 Å². The molecule has 7 nitrogen and oxygen atoms in total. The average molecular weight is 426 g/mol. The van der Waals surface area contributed by atoms with Gasteiger partial charge in [0.25, 0.3) is 0 Å². The number of nitrogens with one attached hydrogen (secondary N) is 2. The number of carbonyl (C=O) groups excluding carboxylic acids is 3. The highest BCUT2D eigenvalue weighted by molar-refractivity contribution is 6.39.